The van der Waals surface area contributed by atoms with Gasteiger partial charge in [0, 0.05) is 17.0 Å². The number of fused-ring (bicyclic) bond motifs is 1. The van der Waals surface area contributed by atoms with Crippen molar-refractivity contribution < 1.29 is 14.3 Å². The highest BCUT2D eigenvalue weighted by molar-refractivity contribution is 7.14. The number of hydrogen-bond donors (Lipinski definition) is 1. The first kappa shape index (κ1) is 17.7. The van der Waals surface area contributed by atoms with Crippen molar-refractivity contribution in [3.05, 3.63) is 33.6 Å². The van der Waals surface area contributed by atoms with Crippen LogP contribution in [-0.4, -0.2) is 28.3 Å². The zero-order valence-corrected chi connectivity index (χ0v) is 15.6. The number of rotatable bonds is 5. The quantitative estimate of drug-likeness (QED) is 0.828. The number of aromatic nitrogens is 2. The summed E-state index contributed by atoms with van der Waals surface area (Å²) in [6.45, 7) is 5.87. The summed E-state index contributed by atoms with van der Waals surface area (Å²) in [6, 6.07) is 3.77. The Morgan fingerprint density at radius 2 is 2.28 bits per heavy atom. The van der Waals surface area contributed by atoms with Crippen LogP contribution in [0.3, 0.4) is 0 Å². The molecule has 0 spiro atoms. The van der Waals surface area contributed by atoms with E-state index in [9.17, 15) is 9.59 Å². The second-order valence-electron chi connectivity index (χ2n) is 6.79. The van der Waals surface area contributed by atoms with Crippen molar-refractivity contribution in [2.45, 2.75) is 46.1 Å². The van der Waals surface area contributed by atoms with Gasteiger partial charge in [-0.3, -0.25) is 4.79 Å². The second-order valence-corrected chi connectivity index (χ2v) is 7.92. The van der Waals surface area contributed by atoms with Crippen molar-refractivity contribution in [3.8, 4) is 0 Å². The predicted octanol–water partition coefficient (Wildman–Crippen LogP) is 3.45. The summed E-state index contributed by atoms with van der Waals surface area (Å²) in [5.41, 5.74) is 1.25. The van der Waals surface area contributed by atoms with E-state index in [0.717, 1.165) is 19.3 Å². The van der Waals surface area contributed by atoms with Gasteiger partial charge in [0.15, 0.2) is 6.61 Å². The highest BCUT2D eigenvalue weighted by Gasteiger charge is 2.22. The topological polar surface area (TPSA) is 73.2 Å². The molecule has 2 heterocycles. The maximum atomic E-state index is 12.2. The molecular weight excluding hydrogens is 338 g/mol. The smallest absolute Gasteiger partial charge is 0.348 e. The Hall–Kier alpha value is -2.15. The summed E-state index contributed by atoms with van der Waals surface area (Å²) in [5, 5.41) is 6.87. The lowest BCUT2D eigenvalue weighted by Crippen LogP contribution is -2.22. The third kappa shape index (κ3) is 4.10. The fourth-order valence-corrected chi connectivity index (χ4v) is 4.11. The molecule has 1 amide bonds. The number of ether oxygens (including phenoxy) is 1. The Morgan fingerprint density at radius 3 is 3.04 bits per heavy atom. The molecule has 2 aromatic heterocycles. The fourth-order valence-electron chi connectivity index (χ4n) is 3.01. The van der Waals surface area contributed by atoms with Gasteiger partial charge in [-0.2, -0.15) is 5.10 Å². The molecule has 25 heavy (non-hydrogen) atoms. The van der Waals surface area contributed by atoms with Crippen molar-refractivity contribution in [3.63, 3.8) is 0 Å². The van der Waals surface area contributed by atoms with Crippen molar-refractivity contribution in [2.75, 3.05) is 11.9 Å². The summed E-state index contributed by atoms with van der Waals surface area (Å²) in [7, 11) is 0. The third-order valence-electron chi connectivity index (χ3n) is 4.29. The van der Waals surface area contributed by atoms with E-state index < -0.39 is 5.97 Å². The zero-order valence-electron chi connectivity index (χ0n) is 14.7. The van der Waals surface area contributed by atoms with Crippen LogP contribution in [0.1, 0.15) is 53.3 Å². The molecule has 0 bridgehead atoms. The van der Waals surface area contributed by atoms with Gasteiger partial charge >= 0.3 is 5.97 Å². The summed E-state index contributed by atoms with van der Waals surface area (Å²) < 4.78 is 6.88. The fraction of sp³-hybridized carbons (Fsp3) is 0.500. The van der Waals surface area contributed by atoms with Crippen molar-refractivity contribution in [2.24, 2.45) is 5.92 Å². The lowest BCUT2D eigenvalue weighted by molar-refractivity contribution is -0.119. The largest absolute Gasteiger partial charge is 0.451 e. The first-order valence-corrected chi connectivity index (χ1v) is 9.37. The molecule has 0 aliphatic heterocycles. The monoisotopic (exact) mass is 361 g/mol. The number of amides is 1. The Kier molecular flexibility index (Phi) is 5.22. The van der Waals surface area contributed by atoms with Gasteiger partial charge in [0.25, 0.3) is 5.91 Å². The molecule has 0 fully saturated rings. The number of nitrogens with zero attached hydrogens (tertiary/aromatic N) is 2. The number of carbonyl (C=O) groups is 2. The van der Waals surface area contributed by atoms with Gasteiger partial charge in [-0.1, -0.05) is 6.92 Å². The molecule has 3 rings (SSSR count). The Morgan fingerprint density at radius 1 is 1.48 bits per heavy atom. The highest BCUT2D eigenvalue weighted by atomic mass is 32.1. The highest BCUT2D eigenvalue weighted by Crippen LogP contribution is 2.32. The number of carbonyl (C=O) groups excluding carboxylic acids is 2. The Bertz CT molecular complexity index is 778. The van der Waals surface area contributed by atoms with Crippen molar-refractivity contribution in [1.29, 1.82) is 0 Å². The van der Waals surface area contributed by atoms with E-state index in [1.807, 2.05) is 19.9 Å². The van der Waals surface area contributed by atoms with Gasteiger partial charge in [-0.15, -0.1) is 11.3 Å². The van der Waals surface area contributed by atoms with Crippen molar-refractivity contribution >= 4 is 29.0 Å². The molecule has 7 heteroatoms. The lowest BCUT2D eigenvalue weighted by Gasteiger charge is -2.16. The SMILES string of the molecule is CC1CCc2sc(C(=O)OCC(=O)Nc3ccnn3C(C)C)cc2C1. The van der Waals surface area contributed by atoms with E-state index in [1.165, 1.54) is 21.8 Å². The van der Waals surface area contributed by atoms with E-state index in [0.29, 0.717) is 16.6 Å². The van der Waals surface area contributed by atoms with Crippen LogP contribution in [0.5, 0.6) is 0 Å². The zero-order chi connectivity index (χ0) is 18.0. The Balaban J connectivity index is 1.55. The average molecular weight is 361 g/mol. The van der Waals surface area contributed by atoms with E-state index in [4.69, 9.17) is 4.74 Å². The number of aryl methyl sites for hydroxylation is 1. The minimum absolute atomic E-state index is 0.132. The number of esters is 1. The molecule has 0 saturated heterocycles. The van der Waals surface area contributed by atoms with Crippen LogP contribution in [0.15, 0.2) is 18.3 Å². The minimum atomic E-state index is -0.431. The third-order valence-corrected chi connectivity index (χ3v) is 5.51. The van der Waals surface area contributed by atoms with E-state index in [2.05, 4.69) is 17.3 Å². The predicted molar refractivity (Wildman–Crippen MR) is 97.0 cm³/mol. The van der Waals surface area contributed by atoms with Crippen LogP contribution in [0.25, 0.3) is 0 Å². The van der Waals surface area contributed by atoms with Gasteiger partial charge in [0.1, 0.15) is 10.7 Å². The van der Waals surface area contributed by atoms with Crippen molar-refractivity contribution in [1.82, 2.24) is 9.78 Å². The molecule has 134 valence electrons. The normalized spacial score (nSPS) is 16.6. The Labute approximate surface area is 151 Å². The molecule has 0 aromatic carbocycles. The van der Waals surface area contributed by atoms with Gasteiger partial charge < -0.3 is 10.1 Å². The second kappa shape index (κ2) is 7.39. The lowest BCUT2D eigenvalue weighted by atomic mass is 9.90. The van der Waals surface area contributed by atoms with Crippen LogP contribution in [-0.2, 0) is 22.4 Å². The first-order valence-electron chi connectivity index (χ1n) is 8.56. The standard InChI is InChI=1S/C18H23N3O3S/c1-11(2)21-16(6-7-19-21)20-17(22)10-24-18(23)15-9-13-8-12(3)4-5-14(13)25-15/h6-7,9,11-12H,4-5,8,10H2,1-3H3,(H,20,22). The van der Waals surface area contributed by atoms with Gasteiger partial charge in [0.2, 0.25) is 0 Å². The molecule has 0 saturated carbocycles. The molecular formula is C18H23N3O3S. The maximum Gasteiger partial charge on any atom is 0.348 e. The van der Waals surface area contributed by atoms with Crippen LogP contribution >= 0.6 is 11.3 Å². The summed E-state index contributed by atoms with van der Waals surface area (Å²) in [4.78, 5) is 26.1. The van der Waals surface area contributed by atoms with Crippen LogP contribution in [0.2, 0.25) is 0 Å². The summed E-state index contributed by atoms with van der Waals surface area (Å²) in [6.07, 6.45) is 4.82. The molecule has 2 aromatic rings. The number of nitrogens with one attached hydrogen (secondary N) is 1. The van der Waals surface area contributed by atoms with E-state index in [1.54, 1.807) is 16.9 Å². The molecule has 1 atom stereocenters. The van der Waals surface area contributed by atoms with Gasteiger partial charge in [0.05, 0.1) is 6.20 Å². The molecule has 0 radical (unpaired) electrons. The molecule has 1 aliphatic rings. The number of anilines is 1. The van der Waals surface area contributed by atoms with Crippen LogP contribution < -0.4 is 5.32 Å². The van der Waals surface area contributed by atoms with E-state index in [-0.39, 0.29) is 18.6 Å². The maximum absolute atomic E-state index is 12.2. The molecule has 1 aliphatic carbocycles. The average Bonchev–Trinajstić information content (AvgIpc) is 3.18. The van der Waals surface area contributed by atoms with Gasteiger partial charge in [-0.25, -0.2) is 9.48 Å². The van der Waals surface area contributed by atoms with E-state index >= 15 is 0 Å². The molecule has 6 nitrogen and oxygen atoms in total. The number of thiophene rings is 1. The van der Waals surface area contributed by atoms with Gasteiger partial charge in [-0.05, 0) is 50.7 Å². The van der Waals surface area contributed by atoms with Crippen LogP contribution in [0, 0.1) is 5.92 Å². The summed E-state index contributed by atoms with van der Waals surface area (Å²) in [5.74, 6) is 0.449. The molecule has 1 unspecified atom stereocenters. The van der Waals surface area contributed by atoms with Crippen LogP contribution in [0.4, 0.5) is 5.82 Å². The molecule has 1 N–H and O–H groups in total. The minimum Gasteiger partial charge on any atom is -0.451 e. The summed E-state index contributed by atoms with van der Waals surface area (Å²) >= 11 is 1.49. The number of hydrogen-bond acceptors (Lipinski definition) is 5. The first-order chi connectivity index (χ1) is 11.9.